The van der Waals surface area contributed by atoms with Crippen LogP contribution in [0.15, 0.2) is 0 Å². The lowest BCUT2D eigenvalue weighted by Gasteiger charge is -2.30. The van der Waals surface area contributed by atoms with E-state index in [1.165, 1.54) is 0 Å². The fraction of sp³-hybridized carbons (Fsp3) is 0.818. The summed E-state index contributed by atoms with van der Waals surface area (Å²) in [4.78, 5) is 23.7. The molecule has 2 rings (SSSR count). The summed E-state index contributed by atoms with van der Waals surface area (Å²) in [6.07, 6.45) is -0.217. The molecule has 0 aromatic rings. The summed E-state index contributed by atoms with van der Waals surface area (Å²) in [5.74, 6) is -4.71. The Morgan fingerprint density at radius 1 is 1.50 bits per heavy atom. The highest BCUT2D eigenvalue weighted by atomic mass is 19.3. The van der Waals surface area contributed by atoms with Crippen molar-refractivity contribution in [1.29, 1.82) is 0 Å². The van der Waals surface area contributed by atoms with Gasteiger partial charge in [-0.15, -0.1) is 0 Å². The smallest absolute Gasteiger partial charge is 0.377 e. The average Bonchev–Trinajstić information content (AvgIpc) is 2.55. The van der Waals surface area contributed by atoms with Gasteiger partial charge in [0.05, 0.1) is 6.42 Å². The molecule has 0 saturated carbocycles. The fourth-order valence-electron chi connectivity index (χ4n) is 2.24. The second-order valence-corrected chi connectivity index (χ2v) is 4.85. The number of carbonyl (C=O) groups excluding carboxylic acids is 2. The molecule has 18 heavy (non-hydrogen) atoms. The number of likely N-dealkylation sites (tertiary alicyclic amines) is 1. The number of carbonyl (C=O) groups is 2. The molecule has 102 valence electrons. The minimum atomic E-state index is -3.36. The van der Waals surface area contributed by atoms with Gasteiger partial charge in [-0.1, -0.05) is 0 Å². The van der Waals surface area contributed by atoms with Crippen LogP contribution in [0.5, 0.6) is 0 Å². The third kappa shape index (κ3) is 2.77. The molecule has 2 heterocycles. The molecule has 0 aliphatic carbocycles. The molecule has 0 spiro atoms. The van der Waals surface area contributed by atoms with Crippen molar-refractivity contribution in [2.45, 2.75) is 37.3 Å². The van der Waals surface area contributed by atoms with Crippen molar-refractivity contribution in [3.63, 3.8) is 0 Å². The Hall–Kier alpha value is -1.24. The Morgan fingerprint density at radius 2 is 2.22 bits per heavy atom. The molecule has 1 N–H and O–H groups in total. The number of esters is 1. The second-order valence-electron chi connectivity index (χ2n) is 4.85. The molecule has 2 saturated heterocycles. The first kappa shape index (κ1) is 13.2. The van der Waals surface area contributed by atoms with Crippen LogP contribution in [0.4, 0.5) is 8.78 Å². The number of nitrogens with one attached hydrogen (secondary N) is 1. The molecule has 2 aliphatic rings. The lowest BCUT2D eigenvalue weighted by molar-refractivity contribution is -0.159. The zero-order chi connectivity index (χ0) is 13.3. The van der Waals surface area contributed by atoms with Crippen LogP contribution >= 0.6 is 0 Å². The number of halogens is 2. The Labute approximate surface area is 103 Å². The van der Waals surface area contributed by atoms with Crippen molar-refractivity contribution in [3.8, 4) is 0 Å². The molecule has 0 aromatic carbocycles. The predicted octanol–water partition coefficient (Wildman–Crippen LogP) is 0.148. The largest absolute Gasteiger partial charge is 0.456 e. The van der Waals surface area contributed by atoms with Crippen LogP contribution < -0.4 is 5.32 Å². The SMILES string of the molecule is CN1CC(NCC2CC(F)(F)C(=O)O2)CCC1=O. The number of cyclic esters (lactones) is 1. The highest BCUT2D eigenvalue weighted by Crippen LogP contribution is 2.30. The number of alkyl halides is 2. The molecule has 2 unspecified atom stereocenters. The van der Waals surface area contributed by atoms with Gasteiger partial charge in [-0.3, -0.25) is 4.79 Å². The van der Waals surface area contributed by atoms with E-state index in [1.807, 2.05) is 0 Å². The summed E-state index contributed by atoms with van der Waals surface area (Å²) in [5, 5.41) is 3.07. The van der Waals surface area contributed by atoms with Crippen molar-refractivity contribution < 1.29 is 23.1 Å². The van der Waals surface area contributed by atoms with Gasteiger partial charge in [-0.05, 0) is 6.42 Å². The van der Waals surface area contributed by atoms with Gasteiger partial charge >= 0.3 is 11.9 Å². The monoisotopic (exact) mass is 262 g/mol. The van der Waals surface area contributed by atoms with Crippen LogP contribution in [0.25, 0.3) is 0 Å². The first-order valence-corrected chi connectivity index (χ1v) is 5.95. The highest BCUT2D eigenvalue weighted by Gasteiger charge is 2.50. The number of likely N-dealkylation sites (N-methyl/N-ethyl adjacent to an activating group) is 1. The Morgan fingerprint density at radius 3 is 2.78 bits per heavy atom. The van der Waals surface area contributed by atoms with E-state index in [2.05, 4.69) is 10.1 Å². The number of rotatable bonds is 3. The molecular weight excluding hydrogens is 246 g/mol. The fourth-order valence-corrected chi connectivity index (χ4v) is 2.24. The molecule has 0 radical (unpaired) electrons. The van der Waals surface area contributed by atoms with E-state index in [9.17, 15) is 18.4 Å². The van der Waals surface area contributed by atoms with Crippen LogP contribution in [0.1, 0.15) is 19.3 Å². The Balaban J connectivity index is 1.76. The van der Waals surface area contributed by atoms with E-state index in [-0.39, 0.29) is 18.5 Å². The average molecular weight is 262 g/mol. The van der Waals surface area contributed by atoms with Crippen LogP contribution in [-0.4, -0.2) is 55.0 Å². The molecule has 2 fully saturated rings. The first-order valence-electron chi connectivity index (χ1n) is 5.95. The molecular formula is C11H16F2N2O3. The number of nitrogens with zero attached hydrogens (tertiary/aromatic N) is 1. The minimum absolute atomic E-state index is 0.0700. The maximum Gasteiger partial charge on any atom is 0.377 e. The van der Waals surface area contributed by atoms with E-state index in [4.69, 9.17) is 0 Å². The quantitative estimate of drug-likeness (QED) is 0.735. The van der Waals surface area contributed by atoms with Crippen molar-refractivity contribution in [1.82, 2.24) is 10.2 Å². The van der Waals surface area contributed by atoms with Crippen molar-refractivity contribution in [2.24, 2.45) is 0 Å². The summed E-state index contributed by atoms with van der Waals surface area (Å²) < 4.78 is 30.4. The van der Waals surface area contributed by atoms with Gasteiger partial charge in [0.15, 0.2) is 0 Å². The zero-order valence-electron chi connectivity index (χ0n) is 10.1. The Kier molecular flexibility index (Phi) is 3.52. The molecule has 1 amide bonds. The maximum atomic E-state index is 12.9. The van der Waals surface area contributed by atoms with Crippen LogP contribution in [0, 0.1) is 0 Å². The van der Waals surface area contributed by atoms with Gasteiger partial charge in [-0.25, -0.2) is 4.79 Å². The molecule has 0 aromatic heterocycles. The van der Waals surface area contributed by atoms with Gasteiger partial charge in [0.1, 0.15) is 6.10 Å². The number of amides is 1. The van der Waals surface area contributed by atoms with Gasteiger partial charge in [0, 0.05) is 32.6 Å². The summed E-state index contributed by atoms with van der Waals surface area (Å²) in [7, 11) is 1.71. The second kappa shape index (κ2) is 4.79. The van der Waals surface area contributed by atoms with E-state index in [1.54, 1.807) is 11.9 Å². The van der Waals surface area contributed by atoms with E-state index in [0.29, 0.717) is 19.4 Å². The van der Waals surface area contributed by atoms with Crippen LogP contribution in [-0.2, 0) is 14.3 Å². The summed E-state index contributed by atoms with van der Waals surface area (Å²) in [6.45, 7) is 0.754. The predicted molar refractivity (Wildman–Crippen MR) is 58.1 cm³/mol. The van der Waals surface area contributed by atoms with Gasteiger partial charge < -0.3 is 15.0 Å². The van der Waals surface area contributed by atoms with E-state index >= 15 is 0 Å². The van der Waals surface area contributed by atoms with Gasteiger partial charge in [-0.2, -0.15) is 8.78 Å². The molecule has 2 aliphatic heterocycles. The molecule has 5 nitrogen and oxygen atoms in total. The van der Waals surface area contributed by atoms with E-state index < -0.39 is 24.4 Å². The first-order chi connectivity index (χ1) is 8.38. The lowest BCUT2D eigenvalue weighted by Crippen LogP contribution is -2.48. The van der Waals surface area contributed by atoms with Crippen LogP contribution in [0.2, 0.25) is 0 Å². The molecule has 0 bridgehead atoms. The number of ether oxygens (including phenoxy) is 1. The third-order valence-electron chi connectivity index (χ3n) is 3.32. The highest BCUT2D eigenvalue weighted by molar-refractivity contribution is 5.79. The zero-order valence-corrected chi connectivity index (χ0v) is 10.1. The minimum Gasteiger partial charge on any atom is -0.456 e. The number of piperidine rings is 1. The Bertz CT molecular complexity index is 362. The standard InChI is InChI=1S/C11H16F2N2O3/c1-15-6-7(2-3-9(15)16)14-5-8-4-11(12,13)10(17)18-8/h7-8,14H,2-6H2,1H3. The topological polar surface area (TPSA) is 58.6 Å². The van der Waals surface area contributed by atoms with Crippen molar-refractivity contribution in [3.05, 3.63) is 0 Å². The normalized spacial score (nSPS) is 31.6. The van der Waals surface area contributed by atoms with Crippen molar-refractivity contribution in [2.75, 3.05) is 20.1 Å². The van der Waals surface area contributed by atoms with Crippen LogP contribution in [0.3, 0.4) is 0 Å². The molecule has 7 heteroatoms. The van der Waals surface area contributed by atoms with Gasteiger partial charge in [0.25, 0.3) is 0 Å². The number of hydrogen-bond donors (Lipinski definition) is 1. The summed E-state index contributed by atoms with van der Waals surface area (Å²) in [5.41, 5.74) is 0. The van der Waals surface area contributed by atoms with Gasteiger partial charge in [0.2, 0.25) is 5.91 Å². The summed E-state index contributed by atoms with van der Waals surface area (Å²) >= 11 is 0. The molecule has 2 atom stereocenters. The van der Waals surface area contributed by atoms with Crippen molar-refractivity contribution >= 4 is 11.9 Å². The maximum absolute atomic E-state index is 12.9. The van der Waals surface area contributed by atoms with E-state index in [0.717, 1.165) is 0 Å². The lowest BCUT2D eigenvalue weighted by atomic mass is 10.1. The summed E-state index contributed by atoms with van der Waals surface area (Å²) in [6, 6.07) is 0.0700. The number of hydrogen-bond acceptors (Lipinski definition) is 4. The third-order valence-corrected chi connectivity index (χ3v) is 3.32.